The van der Waals surface area contributed by atoms with Crippen LogP contribution >= 0.6 is 15.9 Å². The Balaban J connectivity index is 2.24. The maximum atomic E-state index is 11.8. The van der Waals surface area contributed by atoms with Crippen LogP contribution in [0.15, 0.2) is 45.8 Å². The van der Waals surface area contributed by atoms with Crippen molar-refractivity contribution in [2.75, 3.05) is 0 Å². The molecule has 0 radical (unpaired) electrons. The summed E-state index contributed by atoms with van der Waals surface area (Å²) in [7, 11) is -3.85. The zero-order chi connectivity index (χ0) is 12.3. The Labute approximate surface area is 107 Å². The van der Waals surface area contributed by atoms with Gasteiger partial charge in [0.05, 0.1) is 5.33 Å². The molecule has 0 N–H and O–H groups in total. The number of hydrogen-bond acceptors (Lipinski definition) is 5. The van der Waals surface area contributed by atoms with Crippen molar-refractivity contribution in [2.24, 2.45) is 0 Å². The molecule has 0 saturated heterocycles. The topological polar surface area (TPSA) is 69.4 Å². The Morgan fingerprint density at radius 2 is 2.00 bits per heavy atom. The molecular formula is C10H8BrNO4S. The molecule has 0 unspecified atom stereocenters. The summed E-state index contributed by atoms with van der Waals surface area (Å²) in [5.41, 5.74) is 0. The van der Waals surface area contributed by atoms with Crippen LogP contribution in [0.3, 0.4) is 0 Å². The maximum Gasteiger partial charge on any atom is 0.340 e. The minimum absolute atomic E-state index is 0.0726. The summed E-state index contributed by atoms with van der Waals surface area (Å²) in [4.78, 5) is 0.0726. The van der Waals surface area contributed by atoms with E-state index in [9.17, 15) is 8.42 Å². The average Bonchev–Trinajstić information content (AvgIpc) is 2.77. The first-order valence-electron chi connectivity index (χ1n) is 4.63. The summed E-state index contributed by atoms with van der Waals surface area (Å²) in [6, 6.07) is 9.25. The van der Waals surface area contributed by atoms with Gasteiger partial charge < -0.3 is 8.71 Å². The third-order valence-electron chi connectivity index (χ3n) is 1.90. The van der Waals surface area contributed by atoms with Crippen molar-refractivity contribution in [1.29, 1.82) is 0 Å². The van der Waals surface area contributed by atoms with Gasteiger partial charge >= 0.3 is 10.1 Å². The third-order valence-corrected chi connectivity index (χ3v) is 3.69. The molecule has 5 nitrogen and oxygen atoms in total. The van der Waals surface area contributed by atoms with E-state index in [1.165, 1.54) is 18.2 Å². The molecule has 0 aliphatic carbocycles. The molecular weight excluding hydrogens is 310 g/mol. The zero-order valence-corrected chi connectivity index (χ0v) is 10.9. The van der Waals surface area contributed by atoms with Crippen LogP contribution in [0.25, 0.3) is 0 Å². The van der Waals surface area contributed by atoms with Crippen molar-refractivity contribution in [2.45, 2.75) is 10.2 Å². The van der Waals surface area contributed by atoms with Crippen LogP contribution in [-0.4, -0.2) is 13.6 Å². The van der Waals surface area contributed by atoms with Crippen LogP contribution in [0.5, 0.6) is 5.88 Å². The molecule has 2 aromatic rings. The molecule has 0 spiro atoms. The largest absolute Gasteiger partial charge is 0.357 e. The zero-order valence-electron chi connectivity index (χ0n) is 8.54. The minimum Gasteiger partial charge on any atom is -0.357 e. The lowest BCUT2D eigenvalue weighted by molar-refractivity contribution is 0.367. The van der Waals surface area contributed by atoms with Crippen molar-refractivity contribution in [1.82, 2.24) is 5.16 Å². The Hall–Kier alpha value is -1.34. The Bertz CT molecular complexity index is 594. The number of rotatable bonds is 4. The highest BCUT2D eigenvalue weighted by Gasteiger charge is 2.18. The van der Waals surface area contributed by atoms with Crippen molar-refractivity contribution in [3.8, 4) is 5.88 Å². The molecule has 0 bridgehead atoms. The Morgan fingerprint density at radius 3 is 2.59 bits per heavy atom. The predicted molar refractivity (Wildman–Crippen MR) is 63.4 cm³/mol. The molecule has 0 fully saturated rings. The fraction of sp³-hybridized carbons (Fsp3) is 0.100. The van der Waals surface area contributed by atoms with Gasteiger partial charge in [-0.05, 0) is 17.3 Å². The summed E-state index contributed by atoms with van der Waals surface area (Å²) < 4.78 is 33.2. The molecule has 7 heteroatoms. The molecule has 0 amide bonds. The minimum atomic E-state index is -3.85. The standard InChI is InChI=1S/C10H8BrNO4S/c11-7-8-6-10(12-15-8)16-17(13,14)9-4-2-1-3-5-9/h1-6H,7H2. The van der Waals surface area contributed by atoms with Gasteiger partial charge in [-0.15, -0.1) is 0 Å². The quantitative estimate of drug-likeness (QED) is 0.639. The van der Waals surface area contributed by atoms with Gasteiger partial charge in [0.25, 0.3) is 5.88 Å². The summed E-state index contributed by atoms with van der Waals surface area (Å²) in [5, 5.41) is 3.93. The SMILES string of the molecule is O=S(=O)(Oc1cc(CBr)on1)c1ccccc1. The highest BCUT2D eigenvalue weighted by atomic mass is 79.9. The molecule has 1 heterocycles. The number of halogens is 1. The van der Waals surface area contributed by atoms with E-state index < -0.39 is 10.1 Å². The highest BCUT2D eigenvalue weighted by Crippen LogP contribution is 2.19. The smallest absolute Gasteiger partial charge is 0.340 e. The van der Waals surface area contributed by atoms with Gasteiger partial charge in [0.1, 0.15) is 4.90 Å². The van der Waals surface area contributed by atoms with Crippen LogP contribution < -0.4 is 4.18 Å². The first-order chi connectivity index (χ1) is 8.12. The second-order valence-electron chi connectivity index (χ2n) is 3.12. The summed E-state index contributed by atoms with van der Waals surface area (Å²) in [6.07, 6.45) is 0. The van der Waals surface area contributed by atoms with E-state index in [1.807, 2.05) is 0 Å². The monoisotopic (exact) mass is 317 g/mol. The molecule has 0 aliphatic heterocycles. The van der Waals surface area contributed by atoms with Gasteiger partial charge in [-0.25, -0.2) is 0 Å². The fourth-order valence-electron chi connectivity index (χ4n) is 1.14. The first-order valence-corrected chi connectivity index (χ1v) is 7.16. The van der Waals surface area contributed by atoms with E-state index in [-0.39, 0.29) is 10.8 Å². The van der Waals surface area contributed by atoms with Gasteiger partial charge in [-0.3, -0.25) is 0 Å². The van der Waals surface area contributed by atoms with Crippen LogP contribution in [0.2, 0.25) is 0 Å². The van der Waals surface area contributed by atoms with Crippen LogP contribution in [0, 0.1) is 0 Å². The van der Waals surface area contributed by atoms with Gasteiger partial charge in [0, 0.05) is 6.07 Å². The lowest BCUT2D eigenvalue weighted by atomic mass is 10.4. The molecule has 17 heavy (non-hydrogen) atoms. The fourth-order valence-corrected chi connectivity index (χ4v) is 2.30. The van der Waals surface area contributed by atoms with E-state index in [4.69, 9.17) is 8.71 Å². The summed E-state index contributed by atoms with van der Waals surface area (Å²) >= 11 is 3.16. The predicted octanol–water partition coefficient (Wildman–Crippen LogP) is 2.34. The third kappa shape index (κ3) is 2.86. The van der Waals surface area contributed by atoms with Crippen molar-refractivity contribution < 1.29 is 17.1 Å². The lowest BCUT2D eigenvalue weighted by Gasteiger charge is -2.02. The van der Waals surface area contributed by atoms with E-state index in [0.717, 1.165) is 0 Å². The van der Waals surface area contributed by atoms with Gasteiger partial charge in [-0.1, -0.05) is 34.1 Å². The van der Waals surface area contributed by atoms with E-state index in [1.54, 1.807) is 18.2 Å². The van der Waals surface area contributed by atoms with Crippen LogP contribution in [-0.2, 0) is 15.4 Å². The molecule has 1 aromatic carbocycles. The second-order valence-corrected chi connectivity index (χ2v) is 5.22. The van der Waals surface area contributed by atoms with Gasteiger partial charge in [0.2, 0.25) is 0 Å². The van der Waals surface area contributed by atoms with E-state index in [0.29, 0.717) is 11.1 Å². The second kappa shape index (κ2) is 4.89. The Kier molecular flexibility index (Phi) is 3.49. The van der Waals surface area contributed by atoms with Crippen LogP contribution in [0.4, 0.5) is 0 Å². The Morgan fingerprint density at radius 1 is 1.29 bits per heavy atom. The number of benzene rings is 1. The van der Waals surface area contributed by atoms with Crippen molar-refractivity contribution >= 4 is 26.0 Å². The normalized spacial score (nSPS) is 11.4. The van der Waals surface area contributed by atoms with E-state index >= 15 is 0 Å². The molecule has 0 atom stereocenters. The average molecular weight is 318 g/mol. The van der Waals surface area contributed by atoms with E-state index in [2.05, 4.69) is 21.1 Å². The van der Waals surface area contributed by atoms with Crippen molar-refractivity contribution in [3.63, 3.8) is 0 Å². The summed E-state index contributed by atoms with van der Waals surface area (Å²) in [6.45, 7) is 0. The summed E-state index contributed by atoms with van der Waals surface area (Å²) in [5.74, 6) is 0.409. The maximum absolute atomic E-state index is 11.8. The molecule has 90 valence electrons. The highest BCUT2D eigenvalue weighted by molar-refractivity contribution is 9.08. The first kappa shape index (κ1) is 12.1. The number of hydrogen-bond donors (Lipinski definition) is 0. The number of alkyl halides is 1. The van der Waals surface area contributed by atoms with Crippen molar-refractivity contribution in [3.05, 3.63) is 42.2 Å². The lowest BCUT2D eigenvalue weighted by Crippen LogP contribution is -2.09. The molecule has 0 aliphatic rings. The molecule has 1 aromatic heterocycles. The molecule has 0 saturated carbocycles. The molecule has 2 rings (SSSR count). The van der Waals surface area contributed by atoms with Gasteiger partial charge in [-0.2, -0.15) is 8.42 Å². The number of nitrogens with zero attached hydrogens (tertiary/aromatic N) is 1. The van der Waals surface area contributed by atoms with Crippen LogP contribution in [0.1, 0.15) is 5.76 Å². The van der Waals surface area contributed by atoms with Gasteiger partial charge in [0.15, 0.2) is 5.76 Å². The number of aromatic nitrogens is 1.